The minimum Gasteiger partial charge on any atom is -0.494 e. The number of para-hydroxylation sites is 1. The van der Waals surface area contributed by atoms with Crippen LogP contribution in [-0.4, -0.2) is 36.6 Å². The predicted octanol–water partition coefficient (Wildman–Crippen LogP) is 5.44. The van der Waals surface area contributed by atoms with Gasteiger partial charge in [0.25, 0.3) is 5.56 Å². The Morgan fingerprint density at radius 3 is 2.62 bits per heavy atom. The van der Waals surface area contributed by atoms with E-state index in [2.05, 4.69) is 25.0 Å². The van der Waals surface area contributed by atoms with Crippen LogP contribution in [0.15, 0.2) is 62.8 Å². The highest BCUT2D eigenvalue weighted by Crippen LogP contribution is 2.34. The highest BCUT2D eigenvalue weighted by atomic mass is 16.5. The summed E-state index contributed by atoms with van der Waals surface area (Å²) < 4.78 is 13.0. The summed E-state index contributed by atoms with van der Waals surface area (Å²) in [5, 5.41) is 5.03. The van der Waals surface area contributed by atoms with Gasteiger partial charge in [0.05, 0.1) is 23.7 Å². The molecule has 7 nitrogen and oxygen atoms in total. The first-order chi connectivity index (χ1) is 16.3. The fraction of sp³-hybridized carbons (Fsp3) is 0.296. The molecule has 0 aliphatic heterocycles. The van der Waals surface area contributed by atoms with Crippen molar-refractivity contribution in [2.45, 2.75) is 33.6 Å². The molecule has 0 saturated carbocycles. The Morgan fingerprint density at radius 1 is 1.18 bits per heavy atom. The second-order valence-electron chi connectivity index (χ2n) is 8.68. The van der Waals surface area contributed by atoms with Crippen molar-refractivity contribution in [3.63, 3.8) is 0 Å². The number of ether oxygens (including phenoxy) is 1. The summed E-state index contributed by atoms with van der Waals surface area (Å²) >= 11 is 0. The quantitative estimate of drug-likeness (QED) is 0.345. The maximum Gasteiger partial charge on any atom is 0.282 e. The van der Waals surface area contributed by atoms with Crippen molar-refractivity contribution >= 4 is 23.0 Å². The molecule has 0 saturated heterocycles. The van der Waals surface area contributed by atoms with Crippen LogP contribution >= 0.6 is 0 Å². The number of aryl methyl sites for hydroxylation is 1. The van der Waals surface area contributed by atoms with Crippen molar-refractivity contribution in [3.05, 3.63) is 75.8 Å². The van der Waals surface area contributed by atoms with E-state index in [-0.39, 0.29) is 11.5 Å². The van der Waals surface area contributed by atoms with E-state index in [0.29, 0.717) is 35.0 Å². The van der Waals surface area contributed by atoms with Gasteiger partial charge >= 0.3 is 0 Å². The fourth-order valence-corrected chi connectivity index (χ4v) is 3.84. The molecule has 2 aromatic heterocycles. The van der Waals surface area contributed by atoms with Crippen molar-refractivity contribution in [3.8, 4) is 17.1 Å². The molecule has 0 fully saturated rings. The number of aromatic nitrogens is 2. The summed E-state index contributed by atoms with van der Waals surface area (Å²) in [5.41, 5.74) is 3.23. The Bertz CT molecular complexity index is 1410. The van der Waals surface area contributed by atoms with E-state index in [1.165, 1.54) is 4.68 Å². The van der Waals surface area contributed by atoms with Gasteiger partial charge in [-0.2, -0.15) is 9.78 Å². The van der Waals surface area contributed by atoms with E-state index in [1.807, 2.05) is 69.2 Å². The first-order valence-electron chi connectivity index (χ1n) is 11.4. The summed E-state index contributed by atoms with van der Waals surface area (Å²) in [6.07, 6.45) is 1.54. The van der Waals surface area contributed by atoms with E-state index in [1.54, 1.807) is 12.3 Å². The van der Waals surface area contributed by atoms with Gasteiger partial charge in [-0.3, -0.25) is 4.79 Å². The second-order valence-corrected chi connectivity index (χ2v) is 8.68. The molecule has 0 spiro atoms. The van der Waals surface area contributed by atoms with Crippen LogP contribution in [0.25, 0.3) is 22.3 Å². The van der Waals surface area contributed by atoms with Crippen LogP contribution in [0.1, 0.15) is 43.6 Å². The number of rotatable bonds is 7. The Morgan fingerprint density at radius 2 is 1.94 bits per heavy atom. The first-order valence-corrected chi connectivity index (χ1v) is 11.4. The van der Waals surface area contributed by atoms with Gasteiger partial charge in [0, 0.05) is 25.7 Å². The number of anilines is 1. The summed E-state index contributed by atoms with van der Waals surface area (Å²) in [6.45, 7) is 8.79. The van der Waals surface area contributed by atoms with Crippen LogP contribution in [0.3, 0.4) is 0 Å². The smallest absolute Gasteiger partial charge is 0.282 e. The largest absolute Gasteiger partial charge is 0.494 e. The van der Waals surface area contributed by atoms with Crippen molar-refractivity contribution in [1.82, 2.24) is 9.66 Å². The molecule has 0 aliphatic rings. The van der Waals surface area contributed by atoms with E-state index in [4.69, 9.17) is 14.1 Å². The molecule has 34 heavy (non-hydrogen) atoms. The van der Waals surface area contributed by atoms with Gasteiger partial charge in [-0.05, 0) is 61.2 Å². The van der Waals surface area contributed by atoms with E-state index < -0.39 is 0 Å². The average molecular weight is 459 g/mol. The normalized spacial score (nSPS) is 11.6. The Hall–Kier alpha value is -3.87. The molecule has 7 heteroatoms. The number of benzene rings is 2. The highest BCUT2D eigenvalue weighted by Gasteiger charge is 2.18. The van der Waals surface area contributed by atoms with Crippen LogP contribution in [-0.2, 0) is 0 Å². The molecular formula is C27H30N4O3. The van der Waals surface area contributed by atoms with Crippen LogP contribution in [0, 0.1) is 6.92 Å². The molecule has 0 unspecified atom stereocenters. The summed E-state index contributed by atoms with van der Waals surface area (Å²) in [4.78, 5) is 20.2. The molecule has 0 atom stereocenters. The van der Waals surface area contributed by atoms with Crippen molar-refractivity contribution in [2.75, 3.05) is 25.6 Å². The molecule has 4 rings (SSSR count). The lowest BCUT2D eigenvalue weighted by atomic mass is 9.96. The topological polar surface area (TPSA) is 72.9 Å². The zero-order chi connectivity index (χ0) is 24.4. The van der Waals surface area contributed by atoms with Gasteiger partial charge in [0.2, 0.25) is 0 Å². The minimum atomic E-state index is -0.240. The molecule has 4 aromatic rings. The fourth-order valence-electron chi connectivity index (χ4n) is 3.84. The van der Waals surface area contributed by atoms with Gasteiger partial charge < -0.3 is 14.1 Å². The lowest BCUT2D eigenvalue weighted by Gasteiger charge is -2.18. The van der Waals surface area contributed by atoms with Crippen molar-refractivity contribution < 1.29 is 9.15 Å². The van der Waals surface area contributed by atoms with Gasteiger partial charge in [0.1, 0.15) is 11.5 Å². The first kappa shape index (κ1) is 23.3. The van der Waals surface area contributed by atoms with Crippen molar-refractivity contribution in [1.29, 1.82) is 0 Å². The zero-order valence-electron chi connectivity index (χ0n) is 20.5. The second kappa shape index (κ2) is 9.55. The summed E-state index contributed by atoms with van der Waals surface area (Å²) in [5.74, 6) is 2.80. The number of nitrogens with zero attached hydrogens (tertiary/aromatic N) is 4. The lowest BCUT2D eigenvalue weighted by molar-refractivity contribution is 0.335. The molecular weight excluding hydrogens is 428 g/mol. The van der Waals surface area contributed by atoms with Gasteiger partial charge in [0.15, 0.2) is 11.7 Å². The van der Waals surface area contributed by atoms with Crippen LogP contribution in [0.4, 0.5) is 5.88 Å². The maximum atomic E-state index is 13.5. The third-order valence-corrected chi connectivity index (χ3v) is 5.63. The predicted molar refractivity (Wildman–Crippen MR) is 137 cm³/mol. The van der Waals surface area contributed by atoms with E-state index in [9.17, 15) is 4.79 Å². The van der Waals surface area contributed by atoms with E-state index >= 15 is 0 Å². The zero-order valence-corrected chi connectivity index (χ0v) is 20.5. The van der Waals surface area contributed by atoms with Crippen LogP contribution in [0.2, 0.25) is 0 Å². The number of furan rings is 1. The molecule has 2 heterocycles. The van der Waals surface area contributed by atoms with Crippen molar-refractivity contribution in [2.24, 2.45) is 5.10 Å². The lowest BCUT2D eigenvalue weighted by Crippen LogP contribution is -2.20. The molecule has 0 amide bonds. The maximum absolute atomic E-state index is 13.5. The number of fused-ring (bicyclic) bond motifs is 1. The summed E-state index contributed by atoms with van der Waals surface area (Å²) in [7, 11) is 3.80. The molecule has 0 radical (unpaired) electrons. The SMILES string of the molecule is CCOc1cc(C)c(-c2nc3ccccc3c(=O)n2N=Cc2ccc(N(C)C)o2)cc1C(C)C. The third kappa shape index (κ3) is 4.46. The summed E-state index contributed by atoms with van der Waals surface area (Å²) in [6, 6.07) is 15.1. The average Bonchev–Trinajstić information content (AvgIpc) is 3.28. The third-order valence-electron chi connectivity index (χ3n) is 5.63. The van der Waals surface area contributed by atoms with Gasteiger partial charge in [-0.15, -0.1) is 0 Å². The molecule has 0 bridgehead atoms. The van der Waals surface area contributed by atoms with E-state index in [0.717, 1.165) is 22.4 Å². The Kier molecular flexibility index (Phi) is 6.54. The van der Waals surface area contributed by atoms with Gasteiger partial charge in [-0.25, -0.2) is 4.98 Å². The minimum absolute atomic E-state index is 0.234. The molecule has 176 valence electrons. The highest BCUT2D eigenvalue weighted by molar-refractivity contribution is 5.81. The Labute approximate surface area is 199 Å². The van der Waals surface area contributed by atoms with Gasteiger partial charge in [-0.1, -0.05) is 26.0 Å². The standard InChI is InChI=1S/C27H30N4O3/c1-7-33-24-14-18(4)22(15-21(24)17(2)3)26-29-23-11-9-8-10-20(23)27(32)31(26)28-16-19-12-13-25(34-19)30(5)6/h8-17H,7H2,1-6H3. The number of hydrogen-bond donors (Lipinski definition) is 0. The number of hydrogen-bond acceptors (Lipinski definition) is 6. The Balaban J connectivity index is 1.94. The molecule has 0 N–H and O–H groups in total. The molecule has 2 aromatic carbocycles. The monoisotopic (exact) mass is 458 g/mol. The molecule has 0 aliphatic carbocycles. The van der Waals surface area contributed by atoms with Crippen LogP contribution in [0.5, 0.6) is 5.75 Å². The van der Waals surface area contributed by atoms with Crippen LogP contribution < -0.4 is 15.2 Å².